The average Bonchev–Trinajstić information content (AvgIpc) is 3.58. The molecule has 0 spiro atoms. The summed E-state index contributed by atoms with van der Waals surface area (Å²) in [5.74, 6) is -2.29. The van der Waals surface area contributed by atoms with E-state index in [2.05, 4.69) is 25.9 Å². The van der Waals surface area contributed by atoms with Gasteiger partial charge in [0.15, 0.2) is 11.6 Å². The van der Waals surface area contributed by atoms with Gasteiger partial charge in [-0.2, -0.15) is 0 Å². The van der Waals surface area contributed by atoms with Crippen LogP contribution in [0.2, 0.25) is 5.02 Å². The molecule has 0 radical (unpaired) electrons. The van der Waals surface area contributed by atoms with Crippen molar-refractivity contribution in [3.05, 3.63) is 46.9 Å². The van der Waals surface area contributed by atoms with Gasteiger partial charge in [-0.25, -0.2) is 22.9 Å². The Kier molecular flexibility index (Phi) is 9.00. The van der Waals surface area contributed by atoms with Crippen LogP contribution in [0.3, 0.4) is 0 Å². The minimum atomic E-state index is -1.27. The van der Waals surface area contributed by atoms with E-state index in [4.69, 9.17) is 25.8 Å². The molecule has 43 heavy (non-hydrogen) atoms. The molecule has 1 aromatic carbocycles. The first kappa shape index (κ1) is 31.2. The lowest BCUT2D eigenvalue weighted by atomic mass is 9.78. The summed E-state index contributed by atoms with van der Waals surface area (Å²) in [6.07, 6.45) is 0.246. The van der Waals surface area contributed by atoms with Gasteiger partial charge in [-0.15, -0.1) is 10.2 Å². The highest BCUT2D eigenvalue weighted by Crippen LogP contribution is 2.37. The van der Waals surface area contributed by atoms with E-state index >= 15 is 0 Å². The molecule has 0 unspecified atom stereocenters. The highest BCUT2D eigenvalue weighted by molar-refractivity contribution is 6.30. The number of halogens is 3. The number of rotatable bonds is 8. The predicted molar refractivity (Wildman–Crippen MR) is 147 cm³/mol. The Balaban J connectivity index is 1.28. The van der Waals surface area contributed by atoms with E-state index in [0.717, 1.165) is 5.69 Å². The van der Waals surface area contributed by atoms with Crippen molar-refractivity contribution in [2.45, 2.75) is 88.2 Å². The summed E-state index contributed by atoms with van der Waals surface area (Å²) in [4.78, 5) is 12.0. The molecule has 1 amide bonds. The standard InChI is InChI=1S/C27H34ClF2N7O6/c1-27(2,3)43-26(40)31-14-7-13(8-14)17-9-36(34-32-17)11-19-25(41-4)23(24(39)20(12-38)42-19)37-10-18(33-35-37)15-5-6-16(28)22(30)21(15)29/h5-6,9-10,13-14,19-20,23-25,38-39H,7-8,11-12H2,1-4H3,(H,31,40)/t13?,14?,19-,20-,23+,24+,25+/m1/s1. The molecule has 1 saturated heterocycles. The van der Waals surface area contributed by atoms with E-state index in [1.165, 1.54) is 30.1 Å². The van der Waals surface area contributed by atoms with E-state index in [-0.39, 0.29) is 34.8 Å². The van der Waals surface area contributed by atoms with Crippen molar-refractivity contribution in [1.82, 2.24) is 35.3 Å². The largest absolute Gasteiger partial charge is 0.444 e. The zero-order valence-electron chi connectivity index (χ0n) is 24.0. The molecular formula is C27H34ClF2N7O6. The molecule has 1 aliphatic carbocycles. The third-order valence-corrected chi connectivity index (χ3v) is 7.85. The fourth-order valence-corrected chi connectivity index (χ4v) is 5.55. The first-order valence-corrected chi connectivity index (χ1v) is 14.2. The van der Waals surface area contributed by atoms with Crippen LogP contribution in [0.15, 0.2) is 24.5 Å². The Morgan fingerprint density at radius 2 is 1.91 bits per heavy atom. The predicted octanol–water partition coefficient (Wildman–Crippen LogP) is 2.62. The Morgan fingerprint density at radius 3 is 2.58 bits per heavy atom. The summed E-state index contributed by atoms with van der Waals surface area (Å²) in [5, 5.41) is 40.1. The number of hydrogen-bond donors (Lipinski definition) is 3. The van der Waals surface area contributed by atoms with Crippen LogP contribution in [0.1, 0.15) is 51.3 Å². The number of ether oxygens (including phenoxy) is 3. The first-order valence-electron chi connectivity index (χ1n) is 13.8. The number of amides is 1. The molecule has 2 aliphatic rings. The summed E-state index contributed by atoms with van der Waals surface area (Å²) < 4.78 is 48.5. The first-order chi connectivity index (χ1) is 20.4. The Bertz CT molecular complexity index is 1440. The van der Waals surface area contributed by atoms with Crippen molar-refractivity contribution in [3.63, 3.8) is 0 Å². The molecule has 1 aliphatic heterocycles. The van der Waals surface area contributed by atoms with E-state index in [9.17, 15) is 23.8 Å². The second kappa shape index (κ2) is 12.4. The fourth-order valence-electron chi connectivity index (χ4n) is 5.41. The van der Waals surface area contributed by atoms with Crippen LogP contribution in [0.25, 0.3) is 11.3 Å². The monoisotopic (exact) mass is 625 g/mol. The van der Waals surface area contributed by atoms with Crippen molar-refractivity contribution in [3.8, 4) is 11.3 Å². The molecule has 234 valence electrons. The summed E-state index contributed by atoms with van der Waals surface area (Å²) in [5.41, 5.74) is 0.0274. The number of methoxy groups -OCH3 is 1. The van der Waals surface area contributed by atoms with Crippen LogP contribution in [-0.2, 0) is 20.8 Å². The van der Waals surface area contributed by atoms with Gasteiger partial charge >= 0.3 is 6.09 Å². The molecule has 3 heterocycles. The van der Waals surface area contributed by atoms with Gasteiger partial charge in [-0.1, -0.05) is 22.0 Å². The number of aliphatic hydroxyl groups is 2. The third-order valence-electron chi connectivity index (χ3n) is 7.56. The summed E-state index contributed by atoms with van der Waals surface area (Å²) >= 11 is 5.67. The maximum Gasteiger partial charge on any atom is 0.407 e. The normalized spacial score (nSPS) is 27.5. The number of nitrogens with one attached hydrogen (secondary N) is 1. The summed E-state index contributed by atoms with van der Waals surface area (Å²) in [6, 6.07) is 1.56. The van der Waals surface area contributed by atoms with Crippen LogP contribution < -0.4 is 5.32 Å². The lowest BCUT2D eigenvalue weighted by Crippen LogP contribution is -2.57. The van der Waals surface area contributed by atoms with Crippen molar-refractivity contribution in [2.75, 3.05) is 13.7 Å². The zero-order valence-corrected chi connectivity index (χ0v) is 24.8. The fraction of sp³-hybridized carbons (Fsp3) is 0.593. The second-order valence-corrected chi connectivity index (χ2v) is 12.2. The number of hydrogen-bond acceptors (Lipinski definition) is 10. The Morgan fingerprint density at radius 1 is 1.16 bits per heavy atom. The minimum Gasteiger partial charge on any atom is -0.444 e. The minimum absolute atomic E-state index is 0.0135. The SMILES string of the molecule is CO[C@@H]1[C@@H](n2cc(-c3ccc(Cl)c(F)c3F)nn2)[C@@H](O)[C@@H](CO)O[C@@H]1Cn1cc(C2CC(NC(=O)OC(C)(C)C)C2)nn1. The van der Waals surface area contributed by atoms with Gasteiger partial charge in [-0.05, 0) is 45.7 Å². The molecule has 3 N–H and O–H groups in total. The van der Waals surface area contributed by atoms with Gasteiger partial charge in [0.1, 0.15) is 41.8 Å². The average molecular weight is 626 g/mol. The highest BCUT2D eigenvalue weighted by Gasteiger charge is 2.47. The summed E-state index contributed by atoms with van der Waals surface area (Å²) in [6.45, 7) is 5.07. The van der Waals surface area contributed by atoms with Crippen molar-refractivity contribution < 1.29 is 38.0 Å². The number of aliphatic hydroxyl groups excluding tert-OH is 2. The van der Waals surface area contributed by atoms with Crippen LogP contribution in [0.4, 0.5) is 13.6 Å². The Hall–Kier alpha value is -3.24. The van der Waals surface area contributed by atoms with Gasteiger partial charge in [0.2, 0.25) is 0 Å². The molecule has 0 bridgehead atoms. The smallest absolute Gasteiger partial charge is 0.407 e. The third kappa shape index (κ3) is 6.65. The van der Waals surface area contributed by atoms with Gasteiger partial charge < -0.3 is 29.7 Å². The maximum absolute atomic E-state index is 14.6. The van der Waals surface area contributed by atoms with E-state index < -0.39 is 60.4 Å². The molecular weight excluding hydrogens is 592 g/mol. The van der Waals surface area contributed by atoms with Gasteiger partial charge in [0.25, 0.3) is 0 Å². The van der Waals surface area contributed by atoms with Gasteiger partial charge in [0, 0.05) is 30.8 Å². The molecule has 5 atom stereocenters. The van der Waals surface area contributed by atoms with E-state index in [1.54, 1.807) is 31.6 Å². The number of alkyl carbamates (subject to hydrolysis) is 1. The Labute approximate surface area is 251 Å². The molecule has 5 rings (SSSR count). The lowest BCUT2D eigenvalue weighted by Gasteiger charge is -2.43. The van der Waals surface area contributed by atoms with Crippen LogP contribution in [-0.4, -0.2) is 96.1 Å². The zero-order chi connectivity index (χ0) is 31.1. The van der Waals surface area contributed by atoms with Crippen molar-refractivity contribution in [2.24, 2.45) is 0 Å². The molecule has 2 fully saturated rings. The van der Waals surface area contributed by atoms with Crippen LogP contribution in [0, 0.1) is 11.6 Å². The number of nitrogens with zero attached hydrogens (tertiary/aromatic N) is 6. The quantitative estimate of drug-likeness (QED) is 0.318. The number of aromatic nitrogens is 6. The molecule has 1 saturated carbocycles. The van der Waals surface area contributed by atoms with Crippen LogP contribution in [0.5, 0.6) is 0 Å². The van der Waals surface area contributed by atoms with E-state index in [1.807, 2.05) is 0 Å². The topological polar surface area (TPSA) is 159 Å². The number of carbonyl (C=O) groups excluding carboxylic acids is 1. The molecule has 2 aromatic heterocycles. The second-order valence-electron chi connectivity index (χ2n) is 11.8. The molecule has 16 heteroatoms. The molecule has 13 nitrogen and oxygen atoms in total. The number of benzene rings is 1. The van der Waals surface area contributed by atoms with Gasteiger partial charge in [0.05, 0.1) is 30.1 Å². The van der Waals surface area contributed by atoms with Crippen molar-refractivity contribution in [1.29, 1.82) is 0 Å². The van der Waals surface area contributed by atoms with Gasteiger partial charge in [-0.3, -0.25) is 0 Å². The molecule has 3 aromatic rings. The number of carbonyl (C=O) groups is 1. The maximum atomic E-state index is 14.6. The highest BCUT2D eigenvalue weighted by atomic mass is 35.5. The van der Waals surface area contributed by atoms with E-state index in [0.29, 0.717) is 12.8 Å². The van der Waals surface area contributed by atoms with Crippen molar-refractivity contribution >= 4 is 17.7 Å². The summed E-state index contributed by atoms with van der Waals surface area (Å²) in [7, 11) is 1.44. The lowest BCUT2D eigenvalue weighted by molar-refractivity contribution is -0.216. The van der Waals surface area contributed by atoms with Crippen LogP contribution >= 0.6 is 11.6 Å².